The number of carbonyl (C=O) groups is 2. The fourth-order valence-electron chi connectivity index (χ4n) is 1.37. The topological polar surface area (TPSA) is 102 Å². The number of nitrogens with one attached hydrogen (secondary N) is 2. The molecule has 1 aromatic carbocycles. The third-order valence-electron chi connectivity index (χ3n) is 2.19. The van der Waals surface area contributed by atoms with E-state index in [4.69, 9.17) is 4.74 Å². The van der Waals surface area contributed by atoms with Gasteiger partial charge in [0.15, 0.2) is 0 Å². The Bertz CT molecular complexity index is 598. The molecule has 0 saturated carbocycles. The Morgan fingerprint density at radius 2 is 1.90 bits per heavy atom. The normalized spacial score (nSPS) is 10.9. The average Bonchev–Trinajstić information content (AvgIpc) is 2.36. The number of sulfonamides is 1. The first-order chi connectivity index (χ1) is 9.33. The minimum Gasteiger partial charge on any atom is -0.462 e. The van der Waals surface area contributed by atoms with Crippen molar-refractivity contribution in [2.45, 2.75) is 6.92 Å². The van der Waals surface area contributed by atoms with E-state index in [1.807, 2.05) is 0 Å². The summed E-state index contributed by atoms with van der Waals surface area (Å²) in [7, 11) is -3.45. The Labute approximate surface area is 117 Å². The number of carbonyl (C=O) groups excluding carboxylic acids is 2. The van der Waals surface area contributed by atoms with Crippen LogP contribution in [0.15, 0.2) is 24.3 Å². The highest BCUT2D eigenvalue weighted by Crippen LogP contribution is 2.16. The monoisotopic (exact) mass is 300 g/mol. The third-order valence-corrected chi connectivity index (χ3v) is 2.86. The number of amides is 1. The van der Waals surface area contributed by atoms with Gasteiger partial charge in [-0.25, -0.2) is 17.9 Å². The second-order valence-electron chi connectivity index (χ2n) is 3.91. The predicted octanol–water partition coefficient (Wildman–Crippen LogP) is 0.351. The molecule has 20 heavy (non-hydrogen) atoms. The van der Waals surface area contributed by atoms with Crippen LogP contribution in [0.2, 0.25) is 0 Å². The van der Waals surface area contributed by atoms with Crippen LogP contribution in [0.3, 0.4) is 0 Å². The lowest BCUT2D eigenvalue weighted by Gasteiger charge is -2.10. The maximum Gasteiger partial charge on any atom is 0.340 e. The lowest BCUT2D eigenvalue weighted by Crippen LogP contribution is -2.32. The van der Waals surface area contributed by atoms with Crippen molar-refractivity contribution in [2.24, 2.45) is 0 Å². The van der Waals surface area contributed by atoms with E-state index in [0.717, 1.165) is 6.26 Å². The van der Waals surface area contributed by atoms with Gasteiger partial charge in [-0.2, -0.15) is 0 Å². The van der Waals surface area contributed by atoms with E-state index in [0.29, 0.717) is 0 Å². The molecule has 0 aliphatic carbocycles. The lowest BCUT2D eigenvalue weighted by molar-refractivity contribution is -0.115. The maximum absolute atomic E-state index is 11.7. The third kappa shape index (κ3) is 5.37. The number of para-hydroxylation sites is 1. The van der Waals surface area contributed by atoms with Crippen LogP contribution in [0.4, 0.5) is 5.69 Å². The Kier molecular flexibility index (Phi) is 5.66. The molecule has 1 rings (SSSR count). The highest BCUT2D eigenvalue weighted by molar-refractivity contribution is 7.88. The van der Waals surface area contributed by atoms with Crippen molar-refractivity contribution < 1.29 is 22.7 Å². The molecule has 0 aliphatic heterocycles. The standard InChI is InChI=1S/C12H16N2O5S/c1-3-19-12(16)9-6-4-5-7-10(9)14-11(15)8-13-20(2,17)18/h4-7,13H,3,8H2,1-2H3,(H,14,15). The van der Waals surface area contributed by atoms with Crippen molar-refractivity contribution in [1.82, 2.24) is 4.72 Å². The Hall–Kier alpha value is -1.93. The SMILES string of the molecule is CCOC(=O)c1ccccc1NC(=O)CNS(C)(=O)=O. The quantitative estimate of drug-likeness (QED) is 0.738. The van der Waals surface area contributed by atoms with Crippen LogP contribution < -0.4 is 10.0 Å². The fraction of sp³-hybridized carbons (Fsp3) is 0.333. The molecular weight excluding hydrogens is 284 g/mol. The van der Waals surface area contributed by atoms with Gasteiger partial charge in [-0.1, -0.05) is 12.1 Å². The zero-order valence-corrected chi connectivity index (χ0v) is 12.0. The van der Waals surface area contributed by atoms with E-state index < -0.39 is 28.4 Å². The van der Waals surface area contributed by atoms with Crippen LogP contribution in [0.1, 0.15) is 17.3 Å². The predicted molar refractivity (Wildman–Crippen MR) is 73.9 cm³/mol. The second-order valence-corrected chi connectivity index (χ2v) is 5.74. The maximum atomic E-state index is 11.7. The van der Waals surface area contributed by atoms with Gasteiger partial charge in [0.1, 0.15) is 0 Å². The fourth-order valence-corrected chi connectivity index (χ4v) is 1.76. The summed E-state index contributed by atoms with van der Waals surface area (Å²) in [6, 6.07) is 6.32. The van der Waals surface area contributed by atoms with Crippen molar-refractivity contribution in [1.29, 1.82) is 0 Å². The summed E-state index contributed by atoms with van der Waals surface area (Å²) >= 11 is 0. The summed E-state index contributed by atoms with van der Waals surface area (Å²) < 4.78 is 28.7. The van der Waals surface area contributed by atoms with Gasteiger partial charge < -0.3 is 10.1 Å². The molecule has 2 N–H and O–H groups in total. The number of hydrogen-bond donors (Lipinski definition) is 2. The van der Waals surface area contributed by atoms with Gasteiger partial charge in [-0.15, -0.1) is 0 Å². The minimum atomic E-state index is -3.45. The molecule has 0 radical (unpaired) electrons. The molecule has 0 aromatic heterocycles. The second kappa shape index (κ2) is 7.01. The smallest absolute Gasteiger partial charge is 0.340 e. The van der Waals surface area contributed by atoms with Gasteiger partial charge in [0.25, 0.3) is 0 Å². The van der Waals surface area contributed by atoms with E-state index >= 15 is 0 Å². The highest BCUT2D eigenvalue weighted by atomic mass is 32.2. The summed E-state index contributed by atoms with van der Waals surface area (Å²) in [6.07, 6.45) is 0.951. The van der Waals surface area contributed by atoms with E-state index in [1.165, 1.54) is 12.1 Å². The molecule has 0 spiro atoms. The van der Waals surface area contributed by atoms with Crippen molar-refractivity contribution in [3.63, 3.8) is 0 Å². The van der Waals surface area contributed by atoms with Crippen LogP contribution in [0.5, 0.6) is 0 Å². The Morgan fingerprint density at radius 3 is 2.50 bits per heavy atom. The van der Waals surface area contributed by atoms with Crippen LogP contribution >= 0.6 is 0 Å². The van der Waals surface area contributed by atoms with Crippen molar-refractivity contribution in [3.8, 4) is 0 Å². The largest absolute Gasteiger partial charge is 0.462 e. The Morgan fingerprint density at radius 1 is 1.25 bits per heavy atom. The van der Waals surface area contributed by atoms with Crippen LogP contribution in [-0.4, -0.2) is 39.7 Å². The first-order valence-electron chi connectivity index (χ1n) is 5.84. The molecular formula is C12H16N2O5S. The first-order valence-corrected chi connectivity index (χ1v) is 7.73. The average molecular weight is 300 g/mol. The number of anilines is 1. The zero-order chi connectivity index (χ0) is 15.2. The molecule has 0 fully saturated rings. The molecule has 8 heteroatoms. The molecule has 0 atom stereocenters. The van der Waals surface area contributed by atoms with Gasteiger partial charge >= 0.3 is 5.97 Å². The van der Waals surface area contributed by atoms with Crippen LogP contribution in [0, 0.1) is 0 Å². The van der Waals surface area contributed by atoms with E-state index in [-0.39, 0.29) is 17.9 Å². The van der Waals surface area contributed by atoms with Gasteiger partial charge in [-0.05, 0) is 19.1 Å². The van der Waals surface area contributed by atoms with Gasteiger partial charge in [0.05, 0.1) is 30.7 Å². The van der Waals surface area contributed by atoms with Gasteiger partial charge in [0, 0.05) is 0 Å². The van der Waals surface area contributed by atoms with E-state index in [2.05, 4.69) is 10.0 Å². The lowest BCUT2D eigenvalue weighted by atomic mass is 10.2. The summed E-state index contributed by atoms with van der Waals surface area (Å²) in [6.45, 7) is 1.49. The van der Waals surface area contributed by atoms with Crippen molar-refractivity contribution in [3.05, 3.63) is 29.8 Å². The molecule has 0 bridgehead atoms. The first kappa shape index (κ1) is 16.1. The van der Waals surface area contributed by atoms with Gasteiger partial charge in [0.2, 0.25) is 15.9 Å². The number of hydrogen-bond acceptors (Lipinski definition) is 5. The minimum absolute atomic E-state index is 0.210. The molecule has 0 heterocycles. The number of benzene rings is 1. The van der Waals surface area contributed by atoms with Crippen molar-refractivity contribution in [2.75, 3.05) is 24.7 Å². The molecule has 1 aromatic rings. The van der Waals surface area contributed by atoms with E-state index in [1.54, 1.807) is 19.1 Å². The molecule has 1 amide bonds. The molecule has 0 unspecified atom stereocenters. The molecule has 7 nitrogen and oxygen atoms in total. The summed E-state index contributed by atoms with van der Waals surface area (Å²) in [4.78, 5) is 23.3. The van der Waals surface area contributed by atoms with E-state index in [9.17, 15) is 18.0 Å². The van der Waals surface area contributed by atoms with Gasteiger partial charge in [-0.3, -0.25) is 4.79 Å². The number of esters is 1. The number of ether oxygens (including phenoxy) is 1. The molecule has 110 valence electrons. The highest BCUT2D eigenvalue weighted by Gasteiger charge is 2.14. The Balaban J connectivity index is 2.77. The van der Waals surface area contributed by atoms with Crippen molar-refractivity contribution >= 4 is 27.6 Å². The zero-order valence-electron chi connectivity index (χ0n) is 11.2. The van der Waals surface area contributed by atoms with Crippen LogP contribution in [0.25, 0.3) is 0 Å². The number of rotatable bonds is 6. The molecule has 0 saturated heterocycles. The summed E-state index contributed by atoms with van der Waals surface area (Å²) in [5, 5.41) is 2.46. The molecule has 0 aliphatic rings. The summed E-state index contributed by atoms with van der Waals surface area (Å²) in [5.41, 5.74) is 0.480. The van der Waals surface area contributed by atoms with Crippen LogP contribution in [-0.2, 0) is 19.6 Å². The summed E-state index contributed by atoms with van der Waals surface area (Å²) in [5.74, 6) is -1.13.